The molecule has 0 saturated heterocycles. The van der Waals surface area contributed by atoms with Crippen molar-refractivity contribution in [3.8, 4) is 11.1 Å². The minimum atomic E-state index is 0. The van der Waals surface area contributed by atoms with Gasteiger partial charge in [0.1, 0.15) is 0 Å². The van der Waals surface area contributed by atoms with Gasteiger partial charge in [-0.15, -0.1) is 17.0 Å². The SMILES string of the molecule is Br.CCN(CC)c1ccccc1-c1ccncc1. The third kappa shape index (κ3) is 3.10. The van der Waals surface area contributed by atoms with E-state index in [2.05, 4.69) is 60.1 Å². The van der Waals surface area contributed by atoms with Crippen molar-refractivity contribution in [1.29, 1.82) is 0 Å². The maximum Gasteiger partial charge on any atom is 0.0445 e. The predicted molar refractivity (Wildman–Crippen MR) is 83.6 cm³/mol. The fraction of sp³-hybridized carbons (Fsp3) is 0.267. The van der Waals surface area contributed by atoms with Crippen LogP contribution in [0.4, 0.5) is 5.69 Å². The van der Waals surface area contributed by atoms with E-state index in [0.29, 0.717) is 0 Å². The van der Waals surface area contributed by atoms with E-state index in [-0.39, 0.29) is 17.0 Å². The molecule has 0 amide bonds. The molecule has 2 nitrogen and oxygen atoms in total. The minimum absolute atomic E-state index is 0. The number of rotatable bonds is 4. The largest absolute Gasteiger partial charge is 0.372 e. The maximum atomic E-state index is 4.07. The van der Waals surface area contributed by atoms with E-state index in [1.165, 1.54) is 16.8 Å². The number of halogens is 1. The number of pyridine rings is 1. The molecule has 0 radical (unpaired) electrons. The lowest BCUT2D eigenvalue weighted by Crippen LogP contribution is -2.22. The zero-order valence-corrected chi connectivity index (χ0v) is 12.5. The van der Waals surface area contributed by atoms with Crippen LogP contribution < -0.4 is 4.90 Å². The predicted octanol–water partition coefficient (Wildman–Crippen LogP) is 4.17. The molecule has 1 aromatic carbocycles. The molecule has 0 unspecified atom stereocenters. The van der Waals surface area contributed by atoms with Crippen LogP contribution in [-0.4, -0.2) is 18.1 Å². The molecule has 1 aromatic heterocycles. The van der Waals surface area contributed by atoms with Crippen LogP contribution in [0, 0.1) is 0 Å². The first kappa shape index (κ1) is 14.7. The first-order chi connectivity index (χ1) is 8.36. The van der Waals surface area contributed by atoms with Gasteiger partial charge in [-0.05, 0) is 37.6 Å². The van der Waals surface area contributed by atoms with E-state index in [0.717, 1.165) is 13.1 Å². The number of nitrogens with zero attached hydrogens (tertiary/aromatic N) is 2. The summed E-state index contributed by atoms with van der Waals surface area (Å²) in [6.45, 7) is 6.43. The second-order valence-electron chi connectivity index (χ2n) is 3.93. The molecule has 0 aliphatic heterocycles. The number of hydrogen-bond acceptors (Lipinski definition) is 2. The summed E-state index contributed by atoms with van der Waals surface area (Å²) in [5, 5.41) is 0. The molecule has 0 aliphatic rings. The average Bonchev–Trinajstić information content (AvgIpc) is 2.42. The lowest BCUT2D eigenvalue weighted by Gasteiger charge is -2.24. The van der Waals surface area contributed by atoms with Gasteiger partial charge in [0.15, 0.2) is 0 Å². The summed E-state index contributed by atoms with van der Waals surface area (Å²) in [6, 6.07) is 12.7. The third-order valence-electron chi connectivity index (χ3n) is 3.00. The molecule has 96 valence electrons. The Balaban J connectivity index is 0.00000162. The van der Waals surface area contributed by atoms with E-state index < -0.39 is 0 Å². The molecule has 1 heterocycles. The van der Waals surface area contributed by atoms with Crippen LogP contribution in [0.15, 0.2) is 48.8 Å². The van der Waals surface area contributed by atoms with Crippen molar-refractivity contribution in [2.45, 2.75) is 13.8 Å². The summed E-state index contributed by atoms with van der Waals surface area (Å²) >= 11 is 0. The average molecular weight is 307 g/mol. The van der Waals surface area contributed by atoms with Crippen molar-refractivity contribution in [3.63, 3.8) is 0 Å². The van der Waals surface area contributed by atoms with Crippen molar-refractivity contribution in [2.75, 3.05) is 18.0 Å². The van der Waals surface area contributed by atoms with Crippen LogP contribution in [0.1, 0.15) is 13.8 Å². The highest BCUT2D eigenvalue weighted by Gasteiger charge is 2.08. The number of benzene rings is 1. The Morgan fingerprint density at radius 3 is 2.17 bits per heavy atom. The molecule has 2 rings (SSSR count). The van der Waals surface area contributed by atoms with Gasteiger partial charge in [0.25, 0.3) is 0 Å². The Labute approximate surface area is 119 Å². The molecule has 18 heavy (non-hydrogen) atoms. The lowest BCUT2D eigenvalue weighted by atomic mass is 10.0. The van der Waals surface area contributed by atoms with Crippen molar-refractivity contribution in [2.24, 2.45) is 0 Å². The molecule has 0 fully saturated rings. The lowest BCUT2D eigenvalue weighted by molar-refractivity contribution is 0.867. The number of hydrogen-bond donors (Lipinski definition) is 0. The zero-order valence-electron chi connectivity index (χ0n) is 10.8. The summed E-state index contributed by atoms with van der Waals surface area (Å²) in [5.74, 6) is 0. The van der Waals surface area contributed by atoms with Crippen LogP contribution >= 0.6 is 17.0 Å². The fourth-order valence-corrected chi connectivity index (χ4v) is 2.09. The van der Waals surface area contributed by atoms with Crippen molar-refractivity contribution < 1.29 is 0 Å². The van der Waals surface area contributed by atoms with Crippen LogP contribution in [-0.2, 0) is 0 Å². The van der Waals surface area contributed by atoms with E-state index in [4.69, 9.17) is 0 Å². The molecular weight excluding hydrogens is 288 g/mol. The second-order valence-corrected chi connectivity index (χ2v) is 3.93. The molecule has 0 spiro atoms. The Morgan fingerprint density at radius 2 is 1.56 bits per heavy atom. The van der Waals surface area contributed by atoms with Crippen LogP contribution in [0.5, 0.6) is 0 Å². The summed E-state index contributed by atoms with van der Waals surface area (Å²) < 4.78 is 0. The summed E-state index contributed by atoms with van der Waals surface area (Å²) in [7, 11) is 0. The van der Waals surface area contributed by atoms with Gasteiger partial charge in [-0.2, -0.15) is 0 Å². The monoisotopic (exact) mass is 306 g/mol. The highest BCUT2D eigenvalue weighted by atomic mass is 79.9. The van der Waals surface area contributed by atoms with E-state index >= 15 is 0 Å². The van der Waals surface area contributed by atoms with Crippen molar-refractivity contribution in [3.05, 3.63) is 48.8 Å². The van der Waals surface area contributed by atoms with Gasteiger partial charge in [-0.3, -0.25) is 4.98 Å². The summed E-state index contributed by atoms with van der Waals surface area (Å²) in [6.07, 6.45) is 3.68. The van der Waals surface area contributed by atoms with Gasteiger partial charge < -0.3 is 4.90 Å². The topological polar surface area (TPSA) is 16.1 Å². The molecule has 0 bridgehead atoms. The van der Waals surface area contributed by atoms with Crippen molar-refractivity contribution >= 4 is 22.7 Å². The van der Waals surface area contributed by atoms with Gasteiger partial charge in [0, 0.05) is 36.7 Å². The first-order valence-electron chi connectivity index (χ1n) is 6.11. The van der Waals surface area contributed by atoms with E-state index in [1.54, 1.807) is 0 Å². The fourth-order valence-electron chi connectivity index (χ4n) is 2.09. The van der Waals surface area contributed by atoms with Gasteiger partial charge in [-0.25, -0.2) is 0 Å². The summed E-state index contributed by atoms with van der Waals surface area (Å²) in [4.78, 5) is 6.44. The van der Waals surface area contributed by atoms with Gasteiger partial charge in [-0.1, -0.05) is 18.2 Å². The maximum absolute atomic E-state index is 4.07. The zero-order chi connectivity index (χ0) is 12.1. The summed E-state index contributed by atoms with van der Waals surface area (Å²) in [5.41, 5.74) is 3.80. The molecule has 0 atom stereocenters. The van der Waals surface area contributed by atoms with E-state index in [9.17, 15) is 0 Å². The Kier molecular flexibility index (Phi) is 5.86. The standard InChI is InChI=1S/C15H18N2.BrH/c1-3-17(4-2)15-8-6-5-7-14(15)13-9-11-16-12-10-13;/h5-12H,3-4H2,1-2H3;1H. The highest BCUT2D eigenvalue weighted by molar-refractivity contribution is 8.93. The molecule has 0 N–H and O–H groups in total. The first-order valence-corrected chi connectivity index (χ1v) is 6.11. The normalized spacial score (nSPS) is 9.67. The highest BCUT2D eigenvalue weighted by Crippen LogP contribution is 2.29. The van der Waals surface area contributed by atoms with Gasteiger partial charge in [0.05, 0.1) is 0 Å². The Bertz CT molecular complexity index is 467. The molecule has 0 saturated carbocycles. The van der Waals surface area contributed by atoms with Crippen molar-refractivity contribution in [1.82, 2.24) is 4.98 Å². The number of aromatic nitrogens is 1. The van der Waals surface area contributed by atoms with E-state index in [1.807, 2.05) is 12.4 Å². The van der Waals surface area contributed by atoms with Crippen LogP contribution in [0.3, 0.4) is 0 Å². The number of anilines is 1. The molecule has 2 aromatic rings. The minimum Gasteiger partial charge on any atom is -0.372 e. The Morgan fingerprint density at radius 1 is 0.944 bits per heavy atom. The Hall–Kier alpha value is -1.35. The van der Waals surface area contributed by atoms with Crippen LogP contribution in [0.2, 0.25) is 0 Å². The second kappa shape index (κ2) is 7.17. The van der Waals surface area contributed by atoms with Gasteiger partial charge in [0.2, 0.25) is 0 Å². The molecule has 3 heteroatoms. The van der Waals surface area contributed by atoms with Gasteiger partial charge >= 0.3 is 0 Å². The quantitative estimate of drug-likeness (QED) is 0.842. The molecule has 0 aliphatic carbocycles. The third-order valence-corrected chi connectivity index (χ3v) is 3.00. The molecular formula is C15H19BrN2. The van der Waals surface area contributed by atoms with Crippen LogP contribution in [0.25, 0.3) is 11.1 Å². The number of para-hydroxylation sites is 1. The smallest absolute Gasteiger partial charge is 0.0445 e.